The van der Waals surface area contributed by atoms with Crippen molar-refractivity contribution < 1.29 is 23.9 Å². The predicted octanol–water partition coefficient (Wildman–Crippen LogP) is 2.00. The zero-order chi connectivity index (χ0) is 15.4. The van der Waals surface area contributed by atoms with Crippen molar-refractivity contribution in [3.63, 3.8) is 0 Å². The molecule has 0 heterocycles. The highest BCUT2D eigenvalue weighted by Gasteiger charge is 2.44. The van der Waals surface area contributed by atoms with E-state index in [1.54, 1.807) is 30.3 Å². The molecule has 1 fully saturated rings. The highest BCUT2D eigenvalue weighted by atomic mass is 16.6. The van der Waals surface area contributed by atoms with Gasteiger partial charge in [0.2, 0.25) is 0 Å². The molecule has 1 aromatic carbocycles. The summed E-state index contributed by atoms with van der Waals surface area (Å²) < 4.78 is 10.6. The van der Waals surface area contributed by atoms with Crippen LogP contribution in [0.15, 0.2) is 30.3 Å². The number of esters is 2. The smallest absolute Gasteiger partial charge is 0.338 e. The van der Waals surface area contributed by atoms with E-state index in [2.05, 4.69) is 0 Å². The van der Waals surface area contributed by atoms with E-state index in [0.717, 1.165) is 6.29 Å². The number of ether oxygens (including phenoxy) is 2. The van der Waals surface area contributed by atoms with Crippen molar-refractivity contribution in [1.82, 2.24) is 0 Å². The Balaban J connectivity index is 2.06. The Kier molecular flexibility index (Phi) is 4.73. The van der Waals surface area contributed by atoms with Crippen molar-refractivity contribution in [2.45, 2.75) is 32.5 Å². The zero-order valence-corrected chi connectivity index (χ0v) is 12.0. The van der Waals surface area contributed by atoms with E-state index in [1.807, 2.05) is 6.92 Å². The van der Waals surface area contributed by atoms with Crippen LogP contribution < -0.4 is 0 Å². The van der Waals surface area contributed by atoms with Crippen LogP contribution >= 0.6 is 0 Å². The number of hydrogen-bond acceptors (Lipinski definition) is 5. The van der Waals surface area contributed by atoms with Crippen molar-refractivity contribution >= 4 is 18.2 Å². The first-order valence-electron chi connectivity index (χ1n) is 6.91. The number of benzene rings is 1. The molecule has 0 radical (unpaired) electrons. The molecule has 0 N–H and O–H groups in total. The minimum atomic E-state index is -0.561. The van der Waals surface area contributed by atoms with Gasteiger partial charge in [-0.3, -0.25) is 4.79 Å². The van der Waals surface area contributed by atoms with Crippen LogP contribution in [0.5, 0.6) is 0 Å². The van der Waals surface area contributed by atoms with Crippen LogP contribution in [0.1, 0.15) is 30.6 Å². The molecule has 0 amide bonds. The number of carbonyl (C=O) groups is 3. The van der Waals surface area contributed by atoms with E-state index in [9.17, 15) is 14.4 Å². The summed E-state index contributed by atoms with van der Waals surface area (Å²) >= 11 is 0. The van der Waals surface area contributed by atoms with Crippen LogP contribution in [0.4, 0.5) is 0 Å². The zero-order valence-electron chi connectivity index (χ0n) is 12.0. The largest absolute Gasteiger partial charge is 0.462 e. The van der Waals surface area contributed by atoms with E-state index in [1.165, 1.54) is 6.92 Å². The molecule has 1 aromatic rings. The third-order valence-corrected chi connectivity index (χ3v) is 3.83. The number of rotatable bonds is 4. The van der Waals surface area contributed by atoms with Gasteiger partial charge in [-0.15, -0.1) is 0 Å². The van der Waals surface area contributed by atoms with E-state index >= 15 is 0 Å². The SMILES string of the molecule is CC(=O)OC1CC(OC(=O)c2ccccc2)[C@H](C=O)C1C. The van der Waals surface area contributed by atoms with Crippen LogP contribution in [-0.4, -0.2) is 30.4 Å². The maximum absolute atomic E-state index is 12.1. The Bertz CT molecular complexity index is 525. The van der Waals surface area contributed by atoms with E-state index in [0.29, 0.717) is 12.0 Å². The Hall–Kier alpha value is -2.17. The standard InChI is InChI=1S/C16H18O5/c1-10-13(9-17)15(8-14(10)20-11(2)18)21-16(19)12-6-4-3-5-7-12/h3-7,9-10,13-15H,8H2,1-2H3/t10?,13-,14?,15?/m1/s1. The van der Waals surface area contributed by atoms with Crippen LogP contribution in [-0.2, 0) is 19.1 Å². The van der Waals surface area contributed by atoms with Gasteiger partial charge < -0.3 is 14.3 Å². The molecule has 1 aliphatic rings. The predicted molar refractivity (Wildman–Crippen MR) is 74.5 cm³/mol. The lowest BCUT2D eigenvalue weighted by molar-refractivity contribution is -0.148. The molecule has 3 unspecified atom stereocenters. The summed E-state index contributed by atoms with van der Waals surface area (Å²) in [6.07, 6.45) is 0.167. The van der Waals surface area contributed by atoms with Gasteiger partial charge in [0, 0.05) is 19.3 Å². The second-order valence-corrected chi connectivity index (χ2v) is 5.27. The minimum absolute atomic E-state index is 0.167. The molecule has 4 atom stereocenters. The van der Waals surface area contributed by atoms with Gasteiger partial charge in [0.05, 0.1) is 11.5 Å². The molecule has 5 heteroatoms. The summed E-state index contributed by atoms with van der Waals surface area (Å²) in [6.45, 7) is 3.15. The second-order valence-electron chi connectivity index (χ2n) is 5.27. The molecule has 21 heavy (non-hydrogen) atoms. The number of carbonyl (C=O) groups excluding carboxylic acids is 3. The molecule has 0 aromatic heterocycles. The molecule has 2 rings (SSSR count). The maximum Gasteiger partial charge on any atom is 0.338 e. The van der Waals surface area contributed by atoms with Crippen LogP contribution in [0.3, 0.4) is 0 Å². The van der Waals surface area contributed by atoms with E-state index < -0.39 is 30.1 Å². The molecule has 0 saturated heterocycles. The summed E-state index contributed by atoms with van der Waals surface area (Å²) in [7, 11) is 0. The average molecular weight is 290 g/mol. The Labute approximate surface area is 123 Å². The highest BCUT2D eigenvalue weighted by Crippen LogP contribution is 2.35. The van der Waals surface area contributed by atoms with Crippen LogP contribution in [0, 0.1) is 11.8 Å². The highest BCUT2D eigenvalue weighted by molar-refractivity contribution is 5.89. The monoisotopic (exact) mass is 290 g/mol. The third kappa shape index (κ3) is 3.48. The van der Waals surface area contributed by atoms with Gasteiger partial charge in [-0.1, -0.05) is 25.1 Å². The fourth-order valence-electron chi connectivity index (χ4n) is 2.67. The molecule has 5 nitrogen and oxygen atoms in total. The molecular formula is C16H18O5. The van der Waals surface area contributed by atoms with Gasteiger partial charge in [0.1, 0.15) is 18.5 Å². The summed E-state index contributed by atoms with van der Waals surface area (Å²) in [5.41, 5.74) is 0.436. The first-order valence-corrected chi connectivity index (χ1v) is 6.91. The Morgan fingerprint density at radius 2 is 1.81 bits per heavy atom. The molecular weight excluding hydrogens is 272 g/mol. The lowest BCUT2D eigenvalue weighted by Crippen LogP contribution is -2.26. The molecule has 0 spiro atoms. The topological polar surface area (TPSA) is 69.7 Å². The first-order chi connectivity index (χ1) is 10.0. The quantitative estimate of drug-likeness (QED) is 0.626. The van der Waals surface area contributed by atoms with Crippen molar-refractivity contribution in [3.8, 4) is 0 Å². The van der Waals surface area contributed by atoms with Crippen molar-refractivity contribution in [2.24, 2.45) is 11.8 Å². The number of hydrogen-bond donors (Lipinski definition) is 0. The summed E-state index contributed by atoms with van der Waals surface area (Å²) in [5.74, 6) is -1.49. The van der Waals surface area contributed by atoms with Gasteiger partial charge in [-0.25, -0.2) is 4.79 Å². The minimum Gasteiger partial charge on any atom is -0.462 e. The summed E-state index contributed by atoms with van der Waals surface area (Å²) in [6, 6.07) is 8.60. The van der Waals surface area contributed by atoms with Gasteiger partial charge >= 0.3 is 11.9 Å². The van der Waals surface area contributed by atoms with Crippen LogP contribution in [0.25, 0.3) is 0 Å². The maximum atomic E-state index is 12.1. The van der Waals surface area contributed by atoms with E-state index in [4.69, 9.17) is 9.47 Å². The van der Waals surface area contributed by atoms with Gasteiger partial charge in [-0.05, 0) is 12.1 Å². The second kappa shape index (κ2) is 6.52. The fraction of sp³-hybridized carbons (Fsp3) is 0.438. The van der Waals surface area contributed by atoms with Gasteiger partial charge in [0.25, 0.3) is 0 Å². The van der Waals surface area contributed by atoms with Crippen molar-refractivity contribution in [3.05, 3.63) is 35.9 Å². The Morgan fingerprint density at radius 3 is 2.38 bits per heavy atom. The summed E-state index contributed by atoms with van der Waals surface area (Å²) in [4.78, 5) is 34.4. The lowest BCUT2D eigenvalue weighted by atomic mass is 9.97. The molecule has 0 bridgehead atoms. The van der Waals surface area contributed by atoms with Crippen LogP contribution in [0.2, 0.25) is 0 Å². The van der Waals surface area contributed by atoms with Gasteiger partial charge in [0.15, 0.2) is 0 Å². The molecule has 0 aliphatic heterocycles. The van der Waals surface area contributed by atoms with E-state index in [-0.39, 0.29) is 5.92 Å². The summed E-state index contributed by atoms with van der Waals surface area (Å²) in [5, 5.41) is 0. The normalized spacial score (nSPS) is 27.9. The Morgan fingerprint density at radius 1 is 1.14 bits per heavy atom. The molecule has 112 valence electrons. The van der Waals surface area contributed by atoms with Crippen molar-refractivity contribution in [1.29, 1.82) is 0 Å². The first kappa shape index (κ1) is 15.2. The molecule has 1 aliphatic carbocycles. The van der Waals surface area contributed by atoms with Crippen molar-refractivity contribution in [2.75, 3.05) is 0 Å². The third-order valence-electron chi connectivity index (χ3n) is 3.83. The fourth-order valence-corrected chi connectivity index (χ4v) is 2.67. The van der Waals surface area contributed by atoms with Gasteiger partial charge in [-0.2, -0.15) is 0 Å². The lowest BCUT2D eigenvalue weighted by Gasteiger charge is -2.17. The average Bonchev–Trinajstić information content (AvgIpc) is 2.74. The number of aldehydes is 1. The molecule has 1 saturated carbocycles.